The Kier molecular flexibility index (Phi) is 7.54. The first-order valence-electron chi connectivity index (χ1n) is 11.1. The smallest absolute Gasteiger partial charge is 0.251 e. The van der Waals surface area contributed by atoms with Crippen molar-refractivity contribution >= 4 is 34.6 Å². The standard InChI is InChI=1S/C28H26N4O2/c33-27(21-9-7-15-25(19-21)31-23-11-3-1-4-12-23)29-17-18-30-28(34)22-10-8-16-26(20-22)32-24-13-5-2-6-14-24/h1-16,19-20,31-32H,17-18H2,(H,29,33)(H,30,34). The molecular formula is C28H26N4O2. The van der Waals surface area contributed by atoms with Gasteiger partial charge in [0.15, 0.2) is 0 Å². The van der Waals surface area contributed by atoms with E-state index in [0.29, 0.717) is 24.2 Å². The van der Waals surface area contributed by atoms with E-state index >= 15 is 0 Å². The first-order valence-corrected chi connectivity index (χ1v) is 11.1. The summed E-state index contributed by atoms with van der Waals surface area (Å²) in [4.78, 5) is 25.0. The van der Waals surface area contributed by atoms with Gasteiger partial charge in [-0.05, 0) is 60.7 Å². The first-order chi connectivity index (χ1) is 16.7. The number of carbonyl (C=O) groups is 2. The Bertz CT molecular complexity index is 1140. The van der Waals surface area contributed by atoms with Crippen LogP contribution >= 0.6 is 0 Å². The van der Waals surface area contributed by atoms with Crippen molar-refractivity contribution in [1.82, 2.24) is 10.6 Å². The zero-order chi connectivity index (χ0) is 23.6. The maximum Gasteiger partial charge on any atom is 0.251 e. The lowest BCUT2D eigenvalue weighted by atomic mass is 10.1. The number of rotatable bonds is 9. The molecule has 0 aliphatic rings. The van der Waals surface area contributed by atoms with Crippen molar-refractivity contribution in [3.8, 4) is 0 Å². The van der Waals surface area contributed by atoms with Gasteiger partial charge >= 0.3 is 0 Å². The van der Waals surface area contributed by atoms with Crippen LogP contribution in [0.1, 0.15) is 20.7 Å². The van der Waals surface area contributed by atoms with Crippen LogP contribution in [0.15, 0.2) is 109 Å². The molecule has 170 valence electrons. The molecule has 0 aliphatic carbocycles. The minimum absolute atomic E-state index is 0.194. The topological polar surface area (TPSA) is 82.3 Å². The molecule has 0 radical (unpaired) electrons. The summed E-state index contributed by atoms with van der Waals surface area (Å²) in [6.07, 6.45) is 0. The number of benzene rings is 4. The van der Waals surface area contributed by atoms with Gasteiger partial charge in [-0.2, -0.15) is 0 Å². The monoisotopic (exact) mass is 450 g/mol. The highest BCUT2D eigenvalue weighted by Crippen LogP contribution is 2.18. The average molecular weight is 451 g/mol. The predicted octanol–water partition coefficient (Wildman–Crippen LogP) is 5.33. The molecule has 6 nitrogen and oxygen atoms in total. The van der Waals surface area contributed by atoms with E-state index in [9.17, 15) is 9.59 Å². The summed E-state index contributed by atoms with van der Waals surface area (Å²) in [5, 5.41) is 12.2. The molecule has 0 fully saturated rings. The third kappa shape index (κ3) is 6.46. The SMILES string of the molecule is O=C(NCCNC(=O)c1cccc(Nc2ccccc2)c1)c1cccc(Nc2ccccc2)c1. The molecule has 0 saturated carbocycles. The molecule has 4 N–H and O–H groups in total. The fourth-order valence-corrected chi connectivity index (χ4v) is 3.41. The number of nitrogens with one attached hydrogen (secondary N) is 4. The van der Waals surface area contributed by atoms with Crippen molar-refractivity contribution in [2.45, 2.75) is 0 Å². The predicted molar refractivity (Wildman–Crippen MR) is 137 cm³/mol. The van der Waals surface area contributed by atoms with Crippen molar-refractivity contribution in [3.05, 3.63) is 120 Å². The number of amides is 2. The molecule has 0 saturated heterocycles. The van der Waals surface area contributed by atoms with E-state index in [2.05, 4.69) is 21.3 Å². The number of para-hydroxylation sites is 2. The van der Waals surface area contributed by atoms with E-state index in [4.69, 9.17) is 0 Å². The van der Waals surface area contributed by atoms with E-state index in [0.717, 1.165) is 22.7 Å². The van der Waals surface area contributed by atoms with Gasteiger partial charge < -0.3 is 21.3 Å². The third-order valence-electron chi connectivity index (χ3n) is 5.07. The van der Waals surface area contributed by atoms with Crippen LogP contribution in [0, 0.1) is 0 Å². The lowest BCUT2D eigenvalue weighted by Gasteiger charge is -2.11. The van der Waals surface area contributed by atoms with Crippen LogP contribution in [0.25, 0.3) is 0 Å². The summed E-state index contributed by atoms with van der Waals surface area (Å²) < 4.78 is 0. The Labute approximate surface area is 199 Å². The molecule has 0 aliphatic heterocycles. The van der Waals surface area contributed by atoms with Gasteiger partial charge in [-0.3, -0.25) is 9.59 Å². The van der Waals surface area contributed by atoms with Crippen molar-refractivity contribution in [2.24, 2.45) is 0 Å². The van der Waals surface area contributed by atoms with Crippen LogP contribution < -0.4 is 21.3 Å². The lowest BCUT2D eigenvalue weighted by molar-refractivity contribution is 0.0928. The van der Waals surface area contributed by atoms with Gasteiger partial charge in [-0.1, -0.05) is 48.5 Å². The minimum Gasteiger partial charge on any atom is -0.356 e. The van der Waals surface area contributed by atoms with Gasteiger partial charge in [0.05, 0.1) is 0 Å². The molecule has 4 aromatic carbocycles. The van der Waals surface area contributed by atoms with Crippen molar-refractivity contribution in [3.63, 3.8) is 0 Å². The van der Waals surface area contributed by atoms with E-state index in [1.807, 2.05) is 84.9 Å². The highest BCUT2D eigenvalue weighted by molar-refractivity contribution is 5.96. The maximum absolute atomic E-state index is 12.5. The second-order valence-corrected chi connectivity index (χ2v) is 7.66. The van der Waals surface area contributed by atoms with Crippen LogP contribution in [-0.4, -0.2) is 24.9 Å². The van der Waals surface area contributed by atoms with E-state index < -0.39 is 0 Å². The highest BCUT2D eigenvalue weighted by atomic mass is 16.2. The minimum atomic E-state index is -0.194. The van der Waals surface area contributed by atoms with E-state index in [-0.39, 0.29) is 11.8 Å². The van der Waals surface area contributed by atoms with Crippen molar-refractivity contribution in [2.75, 3.05) is 23.7 Å². The zero-order valence-corrected chi connectivity index (χ0v) is 18.6. The summed E-state index contributed by atoms with van der Waals surface area (Å²) in [5.41, 5.74) is 4.66. The molecule has 0 bridgehead atoms. The Morgan fingerprint density at radius 2 is 0.853 bits per heavy atom. The molecule has 6 heteroatoms. The largest absolute Gasteiger partial charge is 0.356 e. The fraction of sp³-hybridized carbons (Fsp3) is 0.0714. The van der Waals surface area contributed by atoms with Gasteiger partial charge in [0.1, 0.15) is 0 Å². The fourth-order valence-electron chi connectivity index (χ4n) is 3.41. The summed E-state index contributed by atoms with van der Waals surface area (Å²) >= 11 is 0. The lowest BCUT2D eigenvalue weighted by Crippen LogP contribution is -2.34. The molecule has 0 aromatic heterocycles. The summed E-state index contributed by atoms with van der Waals surface area (Å²) in [7, 11) is 0. The van der Waals surface area contributed by atoms with Gasteiger partial charge in [-0.15, -0.1) is 0 Å². The maximum atomic E-state index is 12.5. The molecule has 0 heterocycles. The van der Waals surface area contributed by atoms with E-state index in [1.165, 1.54) is 0 Å². The van der Waals surface area contributed by atoms with E-state index in [1.54, 1.807) is 24.3 Å². The molecule has 0 unspecified atom stereocenters. The van der Waals surface area contributed by atoms with Gasteiger partial charge in [0, 0.05) is 47.0 Å². The highest BCUT2D eigenvalue weighted by Gasteiger charge is 2.08. The van der Waals surface area contributed by atoms with Crippen LogP contribution in [0.2, 0.25) is 0 Å². The van der Waals surface area contributed by atoms with Gasteiger partial charge in [0.25, 0.3) is 11.8 Å². The number of hydrogen-bond acceptors (Lipinski definition) is 4. The summed E-state index contributed by atoms with van der Waals surface area (Å²) in [5.74, 6) is -0.389. The Balaban J connectivity index is 1.25. The van der Waals surface area contributed by atoms with Crippen LogP contribution in [0.5, 0.6) is 0 Å². The van der Waals surface area contributed by atoms with Gasteiger partial charge in [0.2, 0.25) is 0 Å². The van der Waals surface area contributed by atoms with Crippen LogP contribution in [-0.2, 0) is 0 Å². The molecule has 4 rings (SSSR count). The summed E-state index contributed by atoms with van der Waals surface area (Å²) in [6.45, 7) is 0.645. The Morgan fingerprint density at radius 1 is 0.471 bits per heavy atom. The Morgan fingerprint density at radius 3 is 1.26 bits per heavy atom. The quantitative estimate of drug-likeness (QED) is 0.260. The first kappa shape index (κ1) is 22.6. The van der Waals surface area contributed by atoms with Crippen LogP contribution in [0.3, 0.4) is 0 Å². The molecular weight excluding hydrogens is 424 g/mol. The summed E-state index contributed by atoms with van der Waals surface area (Å²) in [6, 6.07) is 34.1. The zero-order valence-electron chi connectivity index (χ0n) is 18.6. The third-order valence-corrected chi connectivity index (χ3v) is 5.07. The number of hydrogen-bond donors (Lipinski definition) is 4. The average Bonchev–Trinajstić information content (AvgIpc) is 2.88. The molecule has 4 aromatic rings. The second-order valence-electron chi connectivity index (χ2n) is 7.66. The molecule has 34 heavy (non-hydrogen) atoms. The van der Waals surface area contributed by atoms with Crippen molar-refractivity contribution < 1.29 is 9.59 Å². The second kappa shape index (κ2) is 11.3. The van der Waals surface area contributed by atoms with Gasteiger partial charge in [-0.25, -0.2) is 0 Å². The van der Waals surface area contributed by atoms with Crippen molar-refractivity contribution in [1.29, 1.82) is 0 Å². The normalized spacial score (nSPS) is 10.2. The molecule has 0 atom stereocenters. The Hall–Kier alpha value is -4.58. The van der Waals surface area contributed by atoms with Crippen LogP contribution in [0.4, 0.5) is 22.7 Å². The number of carbonyl (C=O) groups excluding carboxylic acids is 2. The number of anilines is 4. The molecule has 0 spiro atoms. The molecule has 2 amide bonds.